The SMILES string of the molecule is O=C(O)CCNc1nccc2cccc([N+](=O)[O-])c12. The van der Waals surface area contributed by atoms with Crippen molar-refractivity contribution in [3.63, 3.8) is 0 Å². The third-order valence-electron chi connectivity index (χ3n) is 2.60. The molecule has 7 heteroatoms. The highest BCUT2D eigenvalue weighted by Crippen LogP contribution is 2.30. The number of fused-ring (bicyclic) bond motifs is 1. The molecule has 0 atom stereocenters. The van der Waals surface area contributed by atoms with E-state index in [-0.39, 0.29) is 18.7 Å². The molecule has 0 aliphatic rings. The molecule has 0 saturated heterocycles. The van der Waals surface area contributed by atoms with Crippen molar-refractivity contribution in [2.24, 2.45) is 0 Å². The molecule has 0 spiro atoms. The van der Waals surface area contributed by atoms with Gasteiger partial charge in [0.05, 0.1) is 11.3 Å². The lowest BCUT2D eigenvalue weighted by Gasteiger charge is -2.07. The number of nitro benzene ring substituents is 1. The molecule has 0 aliphatic carbocycles. The molecule has 1 aromatic heterocycles. The van der Waals surface area contributed by atoms with Crippen LogP contribution in [0.2, 0.25) is 0 Å². The van der Waals surface area contributed by atoms with E-state index in [1.165, 1.54) is 12.3 Å². The lowest BCUT2D eigenvalue weighted by Crippen LogP contribution is -2.09. The number of carbonyl (C=O) groups is 1. The first-order valence-corrected chi connectivity index (χ1v) is 5.57. The third-order valence-corrected chi connectivity index (χ3v) is 2.60. The average Bonchev–Trinajstić information content (AvgIpc) is 2.37. The number of aliphatic carboxylic acids is 1. The van der Waals surface area contributed by atoms with E-state index in [9.17, 15) is 14.9 Å². The molecule has 2 rings (SSSR count). The Morgan fingerprint density at radius 2 is 2.21 bits per heavy atom. The van der Waals surface area contributed by atoms with E-state index >= 15 is 0 Å². The van der Waals surface area contributed by atoms with E-state index in [0.717, 1.165) is 0 Å². The molecule has 0 unspecified atom stereocenters. The number of aromatic nitrogens is 1. The quantitative estimate of drug-likeness (QED) is 0.630. The minimum absolute atomic E-state index is 0.0524. The van der Waals surface area contributed by atoms with Gasteiger partial charge >= 0.3 is 5.97 Å². The van der Waals surface area contributed by atoms with Gasteiger partial charge < -0.3 is 10.4 Å². The number of nitro groups is 1. The Hall–Kier alpha value is -2.70. The van der Waals surface area contributed by atoms with Crippen molar-refractivity contribution < 1.29 is 14.8 Å². The van der Waals surface area contributed by atoms with E-state index in [2.05, 4.69) is 10.3 Å². The van der Waals surface area contributed by atoms with Crippen molar-refractivity contribution in [2.75, 3.05) is 11.9 Å². The summed E-state index contributed by atoms with van der Waals surface area (Å²) in [4.78, 5) is 25.0. The number of carboxylic acids is 1. The van der Waals surface area contributed by atoms with E-state index in [1.54, 1.807) is 18.2 Å². The molecule has 1 aromatic carbocycles. The second-order valence-corrected chi connectivity index (χ2v) is 3.86. The molecule has 98 valence electrons. The van der Waals surface area contributed by atoms with E-state index < -0.39 is 10.9 Å². The average molecular weight is 261 g/mol. The molecule has 2 aromatic rings. The molecule has 0 aliphatic heterocycles. The highest BCUT2D eigenvalue weighted by atomic mass is 16.6. The maximum absolute atomic E-state index is 11.0. The first-order valence-electron chi connectivity index (χ1n) is 5.57. The maximum atomic E-state index is 11.0. The van der Waals surface area contributed by atoms with Crippen LogP contribution < -0.4 is 5.32 Å². The van der Waals surface area contributed by atoms with Gasteiger partial charge in [-0.05, 0) is 11.5 Å². The Kier molecular flexibility index (Phi) is 3.56. The van der Waals surface area contributed by atoms with Gasteiger partial charge in [-0.2, -0.15) is 0 Å². The molecule has 0 bridgehead atoms. The number of hydrogen-bond acceptors (Lipinski definition) is 5. The molecule has 0 saturated carbocycles. The van der Waals surface area contributed by atoms with Gasteiger partial charge in [-0.1, -0.05) is 12.1 Å². The van der Waals surface area contributed by atoms with E-state index in [1.807, 2.05) is 0 Å². The fraction of sp³-hybridized carbons (Fsp3) is 0.167. The summed E-state index contributed by atoms with van der Waals surface area (Å²) in [5.74, 6) is -0.617. The van der Waals surface area contributed by atoms with Crippen molar-refractivity contribution in [3.05, 3.63) is 40.6 Å². The second-order valence-electron chi connectivity index (χ2n) is 3.86. The largest absolute Gasteiger partial charge is 0.481 e. The third kappa shape index (κ3) is 2.76. The number of nitrogens with one attached hydrogen (secondary N) is 1. The van der Waals surface area contributed by atoms with Crippen LogP contribution in [0.4, 0.5) is 11.5 Å². The van der Waals surface area contributed by atoms with Gasteiger partial charge in [-0.3, -0.25) is 14.9 Å². The van der Waals surface area contributed by atoms with Crippen LogP contribution in [0.3, 0.4) is 0 Å². The van der Waals surface area contributed by atoms with Crippen LogP contribution in [0.1, 0.15) is 6.42 Å². The predicted octanol–water partition coefficient (Wildman–Crippen LogP) is 2.03. The molecule has 7 nitrogen and oxygen atoms in total. The highest BCUT2D eigenvalue weighted by molar-refractivity contribution is 5.99. The van der Waals surface area contributed by atoms with Crippen molar-refractivity contribution in [1.82, 2.24) is 4.98 Å². The summed E-state index contributed by atoms with van der Waals surface area (Å²) < 4.78 is 0. The van der Waals surface area contributed by atoms with Gasteiger partial charge in [0, 0.05) is 18.8 Å². The van der Waals surface area contributed by atoms with Gasteiger partial charge in [0.25, 0.3) is 5.69 Å². The fourth-order valence-electron chi connectivity index (χ4n) is 1.79. The summed E-state index contributed by atoms with van der Waals surface area (Å²) in [5, 5.41) is 23.5. The Bertz CT molecular complexity index is 637. The fourth-order valence-corrected chi connectivity index (χ4v) is 1.79. The topological polar surface area (TPSA) is 105 Å². The number of rotatable bonds is 5. The number of carboxylic acid groups (broad SMARTS) is 1. The number of pyridine rings is 1. The number of hydrogen-bond donors (Lipinski definition) is 2. The monoisotopic (exact) mass is 261 g/mol. The first-order chi connectivity index (χ1) is 9.09. The predicted molar refractivity (Wildman–Crippen MR) is 69.1 cm³/mol. The lowest BCUT2D eigenvalue weighted by atomic mass is 10.1. The van der Waals surface area contributed by atoms with E-state index in [0.29, 0.717) is 16.6 Å². The van der Waals surface area contributed by atoms with Crippen LogP contribution in [0.25, 0.3) is 10.8 Å². The first kappa shape index (κ1) is 12.7. The van der Waals surface area contributed by atoms with Crippen molar-refractivity contribution in [3.8, 4) is 0 Å². The number of benzene rings is 1. The normalized spacial score (nSPS) is 10.3. The van der Waals surface area contributed by atoms with Gasteiger partial charge in [0.1, 0.15) is 11.2 Å². The van der Waals surface area contributed by atoms with Crippen LogP contribution in [-0.4, -0.2) is 27.5 Å². The van der Waals surface area contributed by atoms with Crippen LogP contribution >= 0.6 is 0 Å². The molecule has 1 heterocycles. The van der Waals surface area contributed by atoms with Crippen LogP contribution in [0, 0.1) is 10.1 Å². The smallest absolute Gasteiger partial charge is 0.305 e. The lowest BCUT2D eigenvalue weighted by molar-refractivity contribution is -0.383. The van der Waals surface area contributed by atoms with Crippen molar-refractivity contribution in [1.29, 1.82) is 0 Å². The van der Waals surface area contributed by atoms with Gasteiger partial charge in [-0.15, -0.1) is 0 Å². The summed E-state index contributed by atoms with van der Waals surface area (Å²) >= 11 is 0. The molecule has 0 fully saturated rings. The Morgan fingerprint density at radius 1 is 1.42 bits per heavy atom. The summed E-state index contributed by atoms with van der Waals surface area (Å²) in [7, 11) is 0. The maximum Gasteiger partial charge on any atom is 0.305 e. The zero-order valence-corrected chi connectivity index (χ0v) is 9.87. The summed E-state index contributed by atoms with van der Waals surface area (Å²) in [6.07, 6.45) is 1.44. The minimum atomic E-state index is -0.942. The molecular formula is C12H11N3O4. The summed E-state index contributed by atoms with van der Waals surface area (Å²) in [5.41, 5.74) is -0.0524. The van der Waals surface area contributed by atoms with Crippen LogP contribution in [0.5, 0.6) is 0 Å². The van der Waals surface area contributed by atoms with Gasteiger partial charge in [0.15, 0.2) is 0 Å². The molecule has 2 N–H and O–H groups in total. The Morgan fingerprint density at radius 3 is 2.89 bits per heavy atom. The molecule has 0 amide bonds. The zero-order chi connectivity index (χ0) is 13.8. The second kappa shape index (κ2) is 5.30. The van der Waals surface area contributed by atoms with E-state index in [4.69, 9.17) is 5.11 Å². The standard InChI is InChI=1S/C12H11N3O4/c16-10(17)5-7-14-12-11-8(4-6-13-12)2-1-3-9(11)15(18)19/h1-4,6H,5,7H2,(H,13,14)(H,16,17). The van der Waals surface area contributed by atoms with Crippen molar-refractivity contribution >= 4 is 28.2 Å². The molecular weight excluding hydrogens is 250 g/mol. The minimum Gasteiger partial charge on any atom is -0.481 e. The number of anilines is 1. The Balaban J connectivity index is 2.42. The number of nitrogens with zero attached hydrogens (tertiary/aromatic N) is 2. The summed E-state index contributed by atoms with van der Waals surface area (Å²) in [6.45, 7) is 0.160. The Labute approximate surface area is 108 Å². The van der Waals surface area contributed by atoms with Crippen molar-refractivity contribution in [2.45, 2.75) is 6.42 Å². The number of non-ortho nitro benzene ring substituents is 1. The molecule has 19 heavy (non-hydrogen) atoms. The molecule has 0 radical (unpaired) electrons. The summed E-state index contributed by atoms with van der Waals surface area (Å²) in [6, 6.07) is 6.41. The highest BCUT2D eigenvalue weighted by Gasteiger charge is 2.15. The zero-order valence-electron chi connectivity index (χ0n) is 9.87. The van der Waals surface area contributed by atoms with Crippen LogP contribution in [-0.2, 0) is 4.79 Å². The van der Waals surface area contributed by atoms with Gasteiger partial charge in [-0.25, -0.2) is 4.98 Å². The van der Waals surface area contributed by atoms with Gasteiger partial charge in [0.2, 0.25) is 0 Å². The van der Waals surface area contributed by atoms with Crippen LogP contribution in [0.15, 0.2) is 30.5 Å².